The molecule has 1 amide bonds. The van der Waals surface area contributed by atoms with Gasteiger partial charge in [-0.05, 0) is 25.0 Å². The topological polar surface area (TPSA) is 33.2 Å². The van der Waals surface area contributed by atoms with Crippen LogP contribution in [0.15, 0.2) is 18.3 Å². The summed E-state index contributed by atoms with van der Waals surface area (Å²) >= 11 is 0. The second-order valence-electron chi connectivity index (χ2n) is 4.12. The summed E-state index contributed by atoms with van der Waals surface area (Å²) in [4.78, 5) is 15.8. The highest BCUT2D eigenvalue weighted by Gasteiger charge is 2.41. The second kappa shape index (κ2) is 4.55. The first-order valence-corrected chi connectivity index (χ1v) is 5.37. The molecule has 98 valence electrons. The van der Waals surface area contributed by atoms with Gasteiger partial charge in [-0.1, -0.05) is 0 Å². The van der Waals surface area contributed by atoms with Gasteiger partial charge in [0.1, 0.15) is 6.54 Å². The van der Waals surface area contributed by atoms with Crippen LogP contribution in [0.4, 0.5) is 17.6 Å². The van der Waals surface area contributed by atoms with Crippen LogP contribution in [0.5, 0.6) is 0 Å². The van der Waals surface area contributed by atoms with Crippen molar-refractivity contribution in [1.29, 1.82) is 0 Å². The predicted octanol–water partition coefficient (Wildman–Crippen LogP) is 2.39. The third kappa shape index (κ3) is 2.96. The van der Waals surface area contributed by atoms with Crippen LogP contribution in [0.2, 0.25) is 0 Å². The molecule has 18 heavy (non-hydrogen) atoms. The van der Waals surface area contributed by atoms with Gasteiger partial charge < -0.3 is 4.90 Å². The molecule has 1 aromatic heterocycles. The molecule has 3 nitrogen and oxygen atoms in total. The minimum Gasteiger partial charge on any atom is -0.326 e. The number of rotatable bonds is 3. The minimum absolute atomic E-state index is 0.423. The van der Waals surface area contributed by atoms with E-state index in [-0.39, 0.29) is 0 Å². The van der Waals surface area contributed by atoms with E-state index in [1.807, 2.05) is 0 Å². The van der Waals surface area contributed by atoms with E-state index in [9.17, 15) is 22.4 Å². The number of amides is 1. The highest BCUT2D eigenvalue weighted by molar-refractivity contribution is 5.94. The Labute approximate surface area is 100 Å². The van der Waals surface area contributed by atoms with Crippen LogP contribution in [0, 0.1) is 5.95 Å². The molecule has 0 aliphatic heterocycles. The molecule has 0 spiro atoms. The number of hydrogen-bond acceptors (Lipinski definition) is 2. The van der Waals surface area contributed by atoms with Crippen molar-refractivity contribution in [1.82, 2.24) is 9.88 Å². The number of halogens is 4. The van der Waals surface area contributed by atoms with Crippen molar-refractivity contribution in [2.45, 2.75) is 25.1 Å². The summed E-state index contributed by atoms with van der Waals surface area (Å²) in [6.45, 7) is -1.36. The summed E-state index contributed by atoms with van der Waals surface area (Å²) in [6.07, 6.45) is -2.32. The Balaban J connectivity index is 2.21. The van der Waals surface area contributed by atoms with E-state index in [2.05, 4.69) is 4.98 Å². The molecule has 1 aliphatic rings. The molecule has 1 saturated carbocycles. The maximum Gasteiger partial charge on any atom is 0.406 e. The molecule has 1 fully saturated rings. The molecule has 1 aliphatic carbocycles. The zero-order chi connectivity index (χ0) is 13.3. The zero-order valence-corrected chi connectivity index (χ0v) is 9.25. The molecule has 7 heteroatoms. The van der Waals surface area contributed by atoms with Crippen LogP contribution in [0.3, 0.4) is 0 Å². The van der Waals surface area contributed by atoms with Crippen molar-refractivity contribution in [2.75, 3.05) is 6.54 Å². The number of pyridine rings is 1. The fourth-order valence-electron chi connectivity index (χ4n) is 1.65. The highest BCUT2D eigenvalue weighted by atomic mass is 19.4. The van der Waals surface area contributed by atoms with Gasteiger partial charge in [0.2, 0.25) is 5.95 Å². The molecule has 0 atom stereocenters. The summed E-state index contributed by atoms with van der Waals surface area (Å²) in [5.74, 6) is -2.00. The van der Waals surface area contributed by atoms with Crippen molar-refractivity contribution in [3.63, 3.8) is 0 Å². The molecule has 2 rings (SSSR count). The summed E-state index contributed by atoms with van der Waals surface area (Å²) < 4.78 is 50.4. The van der Waals surface area contributed by atoms with E-state index < -0.39 is 36.2 Å². The van der Waals surface area contributed by atoms with Crippen LogP contribution < -0.4 is 0 Å². The fourth-order valence-corrected chi connectivity index (χ4v) is 1.65. The van der Waals surface area contributed by atoms with Crippen molar-refractivity contribution in [2.24, 2.45) is 0 Å². The maximum absolute atomic E-state index is 13.3. The van der Waals surface area contributed by atoms with Crippen LogP contribution in [0.25, 0.3) is 0 Å². The number of carbonyl (C=O) groups is 1. The molecule has 0 unspecified atom stereocenters. The first-order valence-electron chi connectivity index (χ1n) is 5.37. The molecule has 0 N–H and O–H groups in total. The Morgan fingerprint density at radius 3 is 2.61 bits per heavy atom. The number of hydrogen-bond donors (Lipinski definition) is 0. The van der Waals surface area contributed by atoms with Gasteiger partial charge in [0, 0.05) is 12.2 Å². The van der Waals surface area contributed by atoms with E-state index in [4.69, 9.17) is 0 Å². The van der Waals surface area contributed by atoms with E-state index in [1.165, 1.54) is 6.07 Å². The van der Waals surface area contributed by atoms with E-state index in [0.717, 1.165) is 12.3 Å². The highest BCUT2D eigenvalue weighted by Crippen LogP contribution is 2.31. The summed E-state index contributed by atoms with van der Waals surface area (Å²) in [5, 5.41) is 0. The van der Waals surface area contributed by atoms with Crippen molar-refractivity contribution in [3.8, 4) is 0 Å². The first-order chi connectivity index (χ1) is 8.38. The average molecular weight is 262 g/mol. The lowest BCUT2D eigenvalue weighted by Gasteiger charge is -2.23. The second-order valence-corrected chi connectivity index (χ2v) is 4.12. The van der Waals surface area contributed by atoms with Gasteiger partial charge in [-0.2, -0.15) is 17.6 Å². The molecule has 1 aromatic rings. The molecule has 0 aromatic carbocycles. The third-order valence-electron chi connectivity index (χ3n) is 2.59. The largest absolute Gasteiger partial charge is 0.406 e. The predicted molar refractivity (Wildman–Crippen MR) is 54.3 cm³/mol. The lowest BCUT2D eigenvalue weighted by molar-refractivity contribution is -0.141. The van der Waals surface area contributed by atoms with Crippen molar-refractivity contribution < 1.29 is 22.4 Å². The van der Waals surface area contributed by atoms with Crippen LogP contribution in [-0.2, 0) is 0 Å². The molecule has 1 heterocycles. The lowest BCUT2D eigenvalue weighted by atomic mass is 10.2. The monoisotopic (exact) mass is 262 g/mol. The zero-order valence-electron chi connectivity index (χ0n) is 9.25. The van der Waals surface area contributed by atoms with Crippen LogP contribution in [0.1, 0.15) is 23.2 Å². The smallest absolute Gasteiger partial charge is 0.326 e. The van der Waals surface area contributed by atoms with Gasteiger partial charge in [0.05, 0.1) is 5.56 Å². The fraction of sp³-hybridized carbons (Fsp3) is 0.455. The van der Waals surface area contributed by atoms with Crippen molar-refractivity contribution in [3.05, 3.63) is 29.8 Å². The van der Waals surface area contributed by atoms with Gasteiger partial charge in [-0.25, -0.2) is 4.98 Å². The Morgan fingerprint density at radius 2 is 2.11 bits per heavy atom. The maximum atomic E-state index is 13.3. The Kier molecular flexibility index (Phi) is 3.23. The molecule has 0 bridgehead atoms. The van der Waals surface area contributed by atoms with Gasteiger partial charge in [0.25, 0.3) is 5.91 Å². The molecular formula is C11H10F4N2O. The Hall–Kier alpha value is -1.66. The van der Waals surface area contributed by atoms with E-state index >= 15 is 0 Å². The number of carbonyl (C=O) groups excluding carboxylic acids is 1. The molecular weight excluding hydrogens is 252 g/mol. The summed E-state index contributed by atoms with van der Waals surface area (Å²) in [6, 6.07) is 2.00. The van der Waals surface area contributed by atoms with Gasteiger partial charge in [-0.3, -0.25) is 4.79 Å². The standard InChI is InChI=1S/C11H10F4N2O/c12-9-8(2-1-5-16-9)10(18)17(7-3-4-7)6-11(13,14)15/h1-2,5,7H,3-4,6H2. The normalized spacial score (nSPS) is 15.6. The van der Waals surface area contributed by atoms with Gasteiger partial charge in [0.15, 0.2) is 0 Å². The van der Waals surface area contributed by atoms with Gasteiger partial charge in [-0.15, -0.1) is 0 Å². The average Bonchev–Trinajstić information content (AvgIpc) is 3.08. The number of alkyl halides is 3. The molecule has 0 saturated heterocycles. The number of nitrogens with zero attached hydrogens (tertiary/aromatic N) is 2. The quantitative estimate of drug-likeness (QED) is 0.619. The van der Waals surface area contributed by atoms with E-state index in [1.54, 1.807) is 0 Å². The van der Waals surface area contributed by atoms with Crippen LogP contribution in [-0.4, -0.2) is 34.6 Å². The number of aromatic nitrogens is 1. The Bertz CT molecular complexity index is 457. The van der Waals surface area contributed by atoms with E-state index in [0.29, 0.717) is 17.7 Å². The lowest BCUT2D eigenvalue weighted by Crippen LogP contribution is -2.40. The first kappa shape index (κ1) is 12.8. The molecule has 0 radical (unpaired) electrons. The van der Waals surface area contributed by atoms with Crippen LogP contribution >= 0.6 is 0 Å². The summed E-state index contributed by atoms with van der Waals surface area (Å²) in [5.41, 5.74) is -0.423. The minimum atomic E-state index is -4.49. The third-order valence-corrected chi connectivity index (χ3v) is 2.59. The van der Waals surface area contributed by atoms with Crippen molar-refractivity contribution >= 4 is 5.91 Å². The summed E-state index contributed by atoms with van der Waals surface area (Å²) in [7, 11) is 0. The van der Waals surface area contributed by atoms with Gasteiger partial charge >= 0.3 is 6.18 Å². The Morgan fingerprint density at radius 1 is 1.44 bits per heavy atom. The SMILES string of the molecule is O=C(c1cccnc1F)N(CC(F)(F)F)C1CC1.